The monoisotopic (exact) mass is 2230 g/mol. The molecule has 0 bridgehead atoms. The second-order valence-corrected chi connectivity index (χ2v) is 39.1. The Hall–Kier alpha value is -12.7. The van der Waals surface area contributed by atoms with E-state index in [0.717, 1.165) is 78.1 Å². The molecule has 794 valence electrons. The normalized spacial score (nSPS) is 14.9. The number of alkyl halides is 10. The number of piperidine rings is 1. The summed E-state index contributed by atoms with van der Waals surface area (Å²) in [7, 11) is 0. The molecule has 1 fully saturated rings. The summed E-state index contributed by atoms with van der Waals surface area (Å²) in [6, 6.07) is 13.7. The first kappa shape index (κ1) is 117. The van der Waals surface area contributed by atoms with E-state index in [0.29, 0.717) is 172 Å². The lowest BCUT2D eigenvalue weighted by atomic mass is 9.90. The van der Waals surface area contributed by atoms with Crippen LogP contribution in [0.15, 0.2) is 110 Å². The first-order valence-corrected chi connectivity index (χ1v) is 48.8. The second-order valence-electron chi connectivity index (χ2n) is 36.1. The highest BCUT2D eigenvalue weighted by molar-refractivity contribution is 6.39. The quantitative estimate of drug-likeness (QED) is 0.0244. The molecule has 5 amide bonds. The van der Waals surface area contributed by atoms with Gasteiger partial charge in [0.15, 0.2) is 57.5 Å². The van der Waals surface area contributed by atoms with Gasteiger partial charge in [0.1, 0.15) is 34.3 Å². The van der Waals surface area contributed by atoms with Crippen LogP contribution in [0.3, 0.4) is 0 Å². The predicted octanol–water partition coefficient (Wildman–Crippen LogP) is 24.2. The third-order valence-electron chi connectivity index (χ3n) is 25.5. The Labute approximate surface area is 890 Å². The van der Waals surface area contributed by atoms with Gasteiger partial charge >= 0.3 is 0 Å². The van der Waals surface area contributed by atoms with Gasteiger partial charge in [0.2, 0.25) is 29.5 Å². The highest BCUT2D eigenvalue weighted by atomic mass is 35.5. The van der Waals surface area contributed by atoms with Crippen molar-refractivity contribution >= 4 is 158 Å². The molecule has 0 aliphatic carbocycles. The number of fused-ring (bicyclic) bond motifs is 5. The summed E-state index contributed by atoms with van der Waals surface area (Å²) in [5.41, 5.74) is 9.35. The third kappa shape index (κ3) is 27.0. The number of rotatable bonds is 16. The molecule has 6 aliphatic rings. The molecule has 11 heterocycles. The largest absolute Gasteiger partial charge is 0.504 e. The number of amides is 5. The van der Waals surface area contributed by atoms with Crippen LogP contribution >= 0.6 is 92.8 Å². The van der Waals surface area contributed by atoms with Crippen molar-refractivity contribution in [2.45, 2.75) is 183 Å². The molecule has 5 aromatic carbocycles. The summed E-state index contributed by atoms with van der Waals surface area (Å²) in [6.45, 7) is 14.7. The molecule has 16 rings (SSSR count). The molecular weight excluding hydrogens is 2130 g/mol. The van der Waals surface area contributed by atoms with Crippen LogP contribution in [0.1, 0.15) is 197 Å². The van der Waals surface area contributed by atoms with Crippen molar-refractivity contribution in [3.63, 3.8) is 0 Å². The SMILES string of the molecule is C.C/C(=C\C(=O)N1CCc2c(Cl)c(O)c(O)c(Cl)c2C1)c1ccc(C(C)(F)F)nc1.CC(F)(F)c1ccc(/C=C/C(=O)N2CCc3c(Cl)c(O)c(O)c(Cl)c3C2)c(N2CCCCC2)n1.CC(F)(F)c1ccc(/C=C/C(=O)N2CCc3c(Cl)c(O)c(O)c(Cl)c3C2)cn1.Cc1c(O)c(O)c(C)c2c1CCN(C(=O)/C=C/c1ccc(C(C)(F)F)nc1)C2.Cc1nc(C(C)(F)F)ccc1/C=C/C(=O)N1CCc2c(Cl)c(O)c(O)c(Cl)c2C1. The number of allylic oxidation sites excluding steroid dienone is 1. The van der Waals surface area contributed by atoms with E-state index in [9.17, 15) is 119 Å². The fourth-order valence-electron chi connectivity index (χ4n) is 16.9. The summed E-state index contributed by atoms with van der Waals surface area (Å²) >= 11 is 48.9. The zero-order valence-electron chi connectivity index (χ0n) is 80.6. The molecule has 149 heavy (non-hydrogen) atoms. The maximum absolute atomic E-state index is 13.9. The van der Waals surface area contributed by atoms with E-state index in [1.165, 1.54) is 136 Å². The first-order valence-electron chi connectivity index (χ1n) is 45.8. The topological polar surface area (TPSA) is 372 Å². The van der Waals surface area contributed by atoms with Gasteiger partial charge in [-0.3, -0.25) is 43.9 Å². The average molecular weight is 2230 g/mol. The molecule has 0 saturated carbocycles. The summed E-state index contributed by atoms with van der Waals surface area (Å²) in [5, 5.41) is 99.0. The number of nitrogens with zero attached hydrogens (tertiary/aromatic N) is 11. The summed E-state index contributed by atoms with van der Waals surface area (Å²) in [6.07, 6.45) is 21.8. The van der Waals surface area contributed by atoms with Crippen molar-refractivity contribution in [2.75, 3.05) is 50.7 Å². The van der Waals surface area contributed by atoms with E-state index >= 15 is 0 Å². The van der Waals surface area contributed by atoms with Crippen LogP contribution in [0.5, 0.6) is 57.5 Å². The van der Waals surface area contributed by atoms with Crippen molar-refractivity contribution in [1.29, 1.82) is 0 Å². The Kier molecular flexibility index (Phi) is 37.3. The number of aromatic nitrogens is 5. The highest BCUT2D eigenvalue weighted by Crippen LogP contribution is 2.52. The van der Waals surface area contributed by atoms with Crippen LogP contribution in [0.25, 0.3) is 29.9 Å². The zero-order valence-corrected chi connectivity index (χ0v) is 86.6. The third-order valence-corrected chi connectivity index (χ3v) is 28.8. The summed E-state index contributed by atoms with van der Waals surface area (Å²) in [5.74, 6) is -20.4. The fraction of sp³-hybridized carbons (Fsp3) is 0.333. The Balaban J connectivity index is 0.000000177. The Morgan fingerprint density at radius 3 is 0.906 bits per heavy atom. The number of anilines is 1. The zero-order chi connectivity index (χ0) is 109. The van der Waals surface area contributed by atoms with Crippen molar-refractivity contribution in [3.05, 3.63) is 279 Å². The first-order chi connectivity index (χ1) is 69.3. The van der Waals surface area contributed by atoms with Crippen LogP contribution in [0, 0.1) is 20.8 Å². The molecule has 5 aromatic heterocycles. The van der Waals surface area contributed by atoms with Gasteiger partial charge in [-0.25, -0.2) is 4.98 Å². The molecule has 0 unspecified atom stereocenters. The van der Waals surface area contributed by atoms with Gasteiger partial charge in [-0.2, -0.15) is 43.9 Å². The minimum absolute atomic E-state index is 0. The van der Waals surface area contributed by atoms with E-state index in [4.69, 9.17) is 92.8 Å². The van der Waals surface area contributed by atoms with Gasteiger partial charge in [-0.05, 0) is 234 Å². The standard InChI is InChI=1S/C24H25Cl2F2N3O3.C21H22F2N2O3.2C20H18Cl2F2N2O3.C19H16Cl2F2N2O3.CH4/c1-24(27,28)17-7-5-14(23(29-17)30-10-3-2-4-11-30)6-8-18(32)31-12-9-15-16(13-31)20(26)22(34)21(33)19(15)25;1-12-15-8-9-25(11-16(15)13(2)20(28)19(12)27)18(26)7-5-14-4-6-17(24-10-14)21(3,22)23;1-10-11(3-5-14(25-10)20(2,23)24)4-6-15(27)26-8-7-12-13(9-26)17(22)19(29)18(28)16(12)21;1-10(11-3-4-14(25-8-11)20(2,23)24)7-15(27)26-6-5-12-13(9-26)17(22)19(29)18(28)16(12)21;1-19(22,23)13-4-2-10(8-24-13)3-5-14(26)25-7-6-11-12(9-25)16(21)18(28)17(27)15(11)20;/h5-8,33-34H,2-4,9-13H2,1H3;4-7,10,27-28H,8-9,11H2,1-3H3;3-6,28-29H,7-9H2,1-2H3;3-4,7-8,28-29H,5-6,9H2,1-2H3;2-5,8,27-28H,6-7,9H2,1H3;1H4/b8-6+;7-5+;6-4+;10-7+;5-3+;. The maximum Gasteiger partial charge on any atom is 0.287 e. The molecule has 44 heteroatoms. The Morgan fingerprint density at radius 1 is 0.315 bits per heavy atom. The van der Waals surface area contributed by atoms with Gasteiger partial charge in [0, 0.05) is 173 Å². The summed E-state index contributed by atoms with van der Waals surface area (Å²) in [4.78, 5) is 92.2. The number of hydrogen-bond acceptors (Lipinski definition) is 21. The smallest absolute Gasteiger partial charge is 0.287 e. The molecule has 6 aliphatic heterocycles. The molecule has 0 radical (unpaired) electrons. The van der Waals surface area contributed by atoms with Gasteiger partial charge < -0.3 is 80.5 Å². The van der Waals surface area contributed by atoms with Gasteiger partial charge in [0.25, 0.3) is 29.6 Å². The van der Waals surface area contributed by atoms with Crippen molar-refractivity contribution < 1.29 is 119 Å². The lowest BCUT2D eigenvalue weighted by Crippen LogP contribution is -2.35. The maximum atomic E-state index is 13.9. The van der Waals surface area contributed by atoms with E-state index in [1.807, 2.05) is 4.90 Å². The molecule has 0 atom stereocenters. The van der Waals surface area contributed by atoms with E-state index in [2.05, 4.69) is 24.9 Å². The molecule has 26 nitrogen and oxygen atoms in total. The van der Waals surface area contributed by atoms with Gasteiger partial charge in [-0.15, -0.1) is 0 Å². The number of pyridine rings is 5. The number of carbonyl (C=O) groups excluding carboxylic acids is 5. The predicted molar refractivity (Wildman–Crippen MR) is 550 cm³/mol. The van der Waals surface area contributed by atoms with Gasteiger partial charge in [-0.1, -0.05) is 124 Å². The van der Waals surface area contributed by atoms with E-state index in [-0.39, 0.29) is 143 Å². The Bertz CT molecular complexity index is 6820. The number of phenols is 10. The number of carbonyl (C=O) groups is 5. The molecular formula is C105H103Cl8F10N11O15. The molecule has 0 spiro atoms. The summed E-state index contributed by atoms with van der Waals surface area (Å²) < 4.78 is 134. The van der Waals surface area contributed by atoms with Crippen molar-refractivity contribution in [2.24, 2.45) is 0 Å². The minimum Gasteiger partial charge on any atom is -0.504 e. The number of aryl methyl sites for hydroxylation is 1. The average Bonchev–Trinajstić information content (AvgIpc) is 0.775. The van der Waals surface area contributed by atoms with Gasteiger partial charge in [0.05, 0.1) is 40.2 Å². The molecule has 10 aromatic rings. The second kappa shape index (κ2) is 47.7. The number of benzene rings is 5. The fourth-order valence-corrected chi connectivity index (χ4v) is 19.2. The highest BCUT2D eigenvalue weighted by Gasteiger charge is 2.38. The van der Waals surface area contributed by atoms with Crippen LogP contribution in [0.2, 0.25) is 40.2 Å². The van der Waals surface area contributed by atoms with Crippen molar-refractivity contribution in [3.8, 4) is 57.5 Å². The van der Waals surface area contributed by atoms with Crippen LogP contribution in [-0.2, 0) is 118 Å². The lowest BCUT2D eigenvalue weighted by molar-refractivity contribution is -0.127. The number of aromatic hydroxyl groups is 10. The van der Waals surface area contributed by atoms with E-state index < -0.39 is 75.6 Å². The molecule has 10 N–H and O–H groups in total. The van der Waals surface area contributed by atoms with Crippen LogP contribution in [0.4, 0.5) is 49.7 Å². The molecule has 1 saturated heterocycles. The van der Waals surface area contributed by atoms with Crippen LogP contribution in [-0.4, -0.2) is 176 Å². The number of hydrogen-bond donors (Lipinski definition) is 10. The Morgan fingerprint density at radius 2 is 0.591 bits per heavy atom. The minimum atomic E-state index is -3.07. The number of phenolic OH excluding ortho intramolecular Hbond substituents is 10. The van der Waals surface area contributed by atoms with Crippen LogP contribution < -0.4 is 4.90 Å². The van der Waals surface area contributed by atoms with Crippen molar-refractivity contribution in [1.82, 2.24) is 49.4 Å². The number of halogens is 18. The lowest BCUT2D eigenvalue weighted by Gasteiger charge is -2.31. The van der Waals surface area contributed by atoms with E-state index in [1.54, 1.807) is 49.6 Å².